The molecule has 0 bridgehead atoms. The van der Waals surface area contributed by atoms with Gasteiger partial charge < -0.3 is 18.9 Å². The van der Waals surface area contributed by atoms with E-state index in [0.717, 1.165) is 70.8 Å². The molecule has 0 radical (unpaired) electrons. The molecule has 1 aliphatic heterocycles. The van der Waals surface area contributed by atoms with E-state index in [2.05, 4.69) is 12.2 Å². The van der Waals surface area contributed by atoms with Crippen molar-refractivity contribution in [1.82, 2.24) is 0 Å². The van der Waals surface area contributed by atoms with Crippen LogP contribution in [-0.2, 0) is 28.5 Å². The van der Waals surface area contributed by atoms with Crippen LogP contribution in [0.5, 0.6) is 0 Å². The molecule has 0 aromatic carbocycles. The fraction of sp³-hybridized carbons (Fsp3) is 0.867. The third kappa shape index (κ3) is 10.5. The van der Waals surface area contributed by atoms with Gasteiger partial charge in [-0.25, -0.2) is 0 Å². The Bertz CT molecular complexity index is 664. The predicted molar refractivity (Wildman–Crippen MR) is 140 cm³/mol. The lowest BCUT2D eigenvalue weighted by Crippen LogP contribution is -2.31. The first-order valence-electron chi connectivity index (χ1n) is 14.7. The van der Waals surface area contributed by atoms with Gasteiger partial charge in [0, 0.05) is 20.0 Å². The van der Waals surface area contributed by atoms with Gasteiger partial charge in [0.2, 0.25) is 0 Å². The second kappa shape index (κ2) is 16.4. The molecule has 3 rings (SSSR count). The van der Waals surface area contributed by atoms with Crippen LogP contribution in [0.4, 0.5) is 0 Å². The van der Waals surface area contributed by atoms with E-state index >= 15 is 0 Å². The van der Waals surface area contributed by atoms with E-state index in [1.807, 2.05) is 0 Å². The normalized spacial score (nSPS) is 28.3. The first kappa shape index (κ1) is 29.2. The summed E-state index contributed by atoms with van der Waals surface area (Å²) in [7, 11) is 1.45. The fourth-order valence-electron chi connectivity index (χ4n) is 6.38. The second-order valence-corrected chi connectivity index (χ2v) is 11.2. The van der Waals surface area contributed by atoms with Crippen LogP contribution in [0.1, 0.15) is 116 Å². The van der Waals surface area contributed by atoms with Gasteiger partial charge in [-0.2, -0.15) is 0 Å². The van der Waals surface area contributed by atoms with Crippen LogP contribution in [0.2, 0.25) is 0 Å². The van der Waals surface area contributed by atoms with E-state index in [1.54, 1.807) is 0 Å². The van der Waals surface area contributed by atoms with Crippen molar-refractivity contribution in [3.05, 3.63) is 12.2 Å². The summed E-state index contributed by atoms with van der Waals surface area (Å²) in [6, 6.07) is 0. The summed E-state index contributed by atoms with van der Waals surface area (Å²) in [6.07, 6.45) is 23.2. The summed E-state index contributed by atoms with van der Waals surface area (Å²) in [4.78, 5) is 23.2. The van der Waals surface area contributed by atoms with Gasteiger partial charge in [-0.05, 0) is 75.2 Å². The molecule has 3 unspecified atom stereocenters. The molecule has 0 aromatic rings. The number of unbranched alkanes of at least 4 members (excludes halogenated alkanes) is 3. The van der Waals surface area contributed by atoms with E-state index in [0.29, 0.717) is 24.2 Å². The van der Waals surface area contributed by atoms with Crippen molar-refractivity contribution < 1.29 is 28.5 Å². The van der Waals surface area contributed by atoms with Crippen LogP contribution in [-0.4, -0.2) is 44.2 Å². The van der Waals surface area contributed by atoms with E-state index in [4.69, 9.17) is 18.9 Å². The monoisotopic (exact) mass is 506 g/mol. The third-order valence-electron chi connectivity index (χ3n) is 8.35. The number of hydrogen-bond acceptors (Lipinski definition) is 6. The quantitative estimate of drug-likeness (QED) is 0.145. The number of esters is 2. The predicted octanol–water partition coefficient (Wildman–Crippen LogP) is 6.90. The third-order valence-corrected chi connectivity index (χ3v) is 8.35. The molecule has 206 valence electrons. The topological polar surface area (TPSA) is 71.1 Å². The molecule has 1 heterocycles. The summed E-state index contributed by atoms with van der Waals surface area (Å²) < 4.78 is 22.9. The second-order valence-electron chi connectivity index (χ2n) is 11.2. The van der Waals surface area contributed by atoms with Crippen LogP contribution in [0, 0.1) is 17.8 Å². The highest BCUT2D eigenvalue weighted by Crippen LogP contribution is 2.40. The number of carbonyl (C=O) groups excluding carboxylic acids is 2. The van der Waals surface area contributed by atoms with Crippen molar-refractivity contribution in [2.75, 3.05) is 13.7 Å². The molecule has 1 saturated heterocycles. The number of allylic oxidation sites excluding steroid dienone is 1. The number of methoxy groups -OCH3 is 1. The van der Waals surface area contributed by atoms with Gasteiger partial charge in [0.25, 0.3) is 0 Å². The lowest BCUT2D eigenvalue weighted by atomic mass is 9.84. The summed E-state index contributed by atoms with van der Waals surface area (Å²) in [5.74, 6) is 1.26. The van der Waals surface area contributed by atoms with Gasteiger partial charge in [-0.1, -0.05) is 57.4 Å². The minimum Gasteiger partial charge on any atom is -0.469 e. The maximum absolute atomic E-state index is 11.8. The molecule has 0 aromatic heterocycles. The van der Waals surface area contributed by atoms with E-state index in [-0.39, 0.29) is 30.4 Å². The minimum absolute atomic E-state index is 0.0610. The van der Waals surface area contributed by atoms with Gasteiger partial charge >= 0.3 is 11.9 Å². The average Bonchev–Trinajstić information content (AvgIpc) is 3.26. The highest BCUT2D eigenvalue weighted by molar-refractivity contribution is 5.69. The zero-order valence-corrected chi connectivity index (χ0v) is 22.8. The highest BCUT2D eigenvalue weighted by atomic mass is 16.7. The number of carbonyl (C=O) groups is 2. The lowest BCUT2D eigenvalue weighted by molar-refractivity contribution is -0.195. The van der Waals surface area contributed by atoms with Gasteiger partial charge in [-0.3, -0.25) is 9.59 Å². The van der Waals surface area contributed by atoms with Crippen molar-refractivity contribution in [3.63, 3.8) is 0 Å². The van der Waals surface area contributed by atoms with Gasteiger partial charge in [0.15, 0.2) is 6.29 Å². The fourth-order valence-corrected chi connectivity index (χ4v) is 6.38. The van der Waals surface area contributed by atoms with Crippen molar-refractivity contribution >= 4 is 11.9 Å². The zero-order chi connectivity index (χ0) is 25.6. The highest BCUT2D eigenvalue weighted by Gasteiger charge is 2.37. The standard InChI is InChI=1S/C30H50O6/c1-23(31)35-26(22-24-12-6-5-7-13-24)19-17-25-18-20-28(36-30-16-10-11-21-34-30)27(25)14-8-3-4-9-15-29(32)33-2/h17,19,24-28,30H,3-16,18,20-22H2,1-2H3/t25-,26?,27+,28?,30?/m1/s1. The van der Waals surface area contributed by atoms with Gasteiger partial charge in [-0.15, -0.1) is 0 Å². The minimum atomic E-state index is -0.189. The Morgan fingerprint density at radius 3 is 2.44 bits per heavy atom. The molecule has 5 atom stereocenters. The molecular formula is C30H50O6. The Morgan fingerprint density at radius 1 is 0.944 bits per heavy atom. The first-order chi connectivity index (χ1) is 17.5. The Morgan fingerprint density at radius 2 is 1.72 bits per heavy atom. The molecule has 2 aliphatic carbocycles. The van der Waals surface area contributed by atoms with Gasteiger partial charge in [0.05, 0.1) is 13.2 Å². The van der Waals surface area contributed by atoms with E-state index in [9.17, 15) is 9.59 Å². The molecule has 0 N–H and O–H groups in total. The zero-order valence-electron chi connectivity index (χ0n) is 22.8. The lowest BCUT2D eigenvalue weighted by Gasteiger charge is -2.30. The molecule has 0 spiro atoms. The van der Waals surface area contributed by atoms with Crippen molar-refractivity contribution in [3.8, 4) is 0 Å². The van der Waals surface area contributed by atoms with E-state index < -0.39 is 0 Å². The molecule has 36 heavy (non-hydrogen) atoms. The molecular weight excluding hydrogens is 456 g/mol. The van der Waals surface area contributed by atoms with Gasteiger partial charge in [0.1, 0.15) is 6.10 Å². The molecule has 6 heteroatoms. The summed E-state index contributed by atoms with van der Waals surface area (Å²) in [5, 5.41) is 0. The summed E-state index contributed by atoms with van der Waals surface area (Å²) in [5.41, 5.74) is 0. The Balaban J connectivity index is 1.56. The number of hydrogen-bond donors (Lipinski definition) is 0. The molecule has 3 fully saturated rings. The molecule has 3 aliphatic rings. The largest absolute Gasteiger partial charge is 0.469 e. The summed E-state index contributed by atoms with van der Waals surface area (Å²) in [6.45, 7) is 2.32. The van der Waals surface area contributed by atoms with Crippen LogP contribution in [0.15, 0.2) is 12.2 Å². The van der Waals surface area contributed by atoms with Crippen molar-refractivity contribution in [1.29, 1.82) is 0 Å². The maximum atomic E-state index is 11.8. The van der Waals surface area contributed by atoms with Crippen molar-refractivity contribution in [2.24, 2.45) is 17.8 Å². The van der Waals surface area contributed by atoms with Crippen molar-refractivity contribution in [2.45, 2.75) is 135 Å². The SMILES string of the molecule is COC(=O)CCCCCC[C@@H]1C(OC2CCCCO2)CC[C@H]1C=CC(CC1CCCCC1)OC(C)=O. The smallest absolute Gasteiger partial charge is 0.305 e. The maximum Gasteiger partial charge on any atom is 0.305 e. The van der Waals surface area contributed by atoms with Crippen LogP contribution >= 0.6 is 0 Å². The average molecular weight is 507 g/mol. The van der Waals surface area contributed by atoms with Crippen LogP contribution in [0.3, 0.4) is 0 Å². The molecule has 0 amide bonds. The number of rotatable bonds is 14. The van der Waals surface area contributed by atoms with Crippen LogP contribution < -0.4 is 0 Å². The molecule has 6 nitrogen and oxygen atoms in total. The van der Waals surface area contributed by atoms with Crippen LogP contribution in [0.25, 0.3) is 0 Å². The first-order valence-corrected chi connectivity index (χ1v) is 14.7. The Kier molecular flexibility index (Phi) is 13.3. The van der Waals surface area contributed by atoms with E-state index in [1.165, 1.54) is 52.6 Å². The summed E-state index contributed by atoms with van der Waals surface area (Å²) >= 11 is 0. The number of ether oxygens (including phenoxy) is 4. The Hall–Kier alpha value is -1.40. The molecule has 2 saturated carbocycles. The Labute approximate surface area is 218 Å².